The molecule has 2 aliphatic heterocycles. The molecule has 1 unspecified atom stereocenters. The fourth-order valence-electron chi connectivity index (χ4n) is 4.46. The number of ether oxygens (including phenoxy) is 4. The second kappa shape index (κ2) is 11.7. The van der Waals surface area contributed by atoms with Gasteiger partial charge in [0.05, 0.1) is 13.7 Å². The Hall–Kier alpha value is -2.84. The van der Waals surface area contributed by atoms with Crippen molar-refractivity contribution in [2.45, 2.75) is 39.2 Å². The molecule has 2 aromatic carbocycles. The van der Waals surface area contributed by atoms with E-state index in [4.69, 9.17) is 18.9 Å². The fourth-order valence-corrected chi connectivity index (χ4v) is 4.46. The Bertz CT molecular complexity index is 1000. The number of carbonyl (C=O) groups is 1. The monoisotopic (exact) mass is 486 g/mol. The number of morpholine rings is 1. The molecule has 0 bridgehead atoms. The maximum absolute atomic E-state index is 13.7. The molecule has 2 aliphatic rings. The maximum atomic E-state index is 13.7. The van der Waals surface area contributed by atoms with Gasteiger partial charge in [0.15, 0.2) is 17.7 Å². The summed E-state index contributed by atoms with van der Waals surface area (Å²) in [6.45, 7) is 7.60. The van der Waals surface area contributed by atoms with Crippen molar-refractivity contribution in [3.8, 4) is 17.2 Å². The van der Waals surface area contributed by atoms with Crippen LogP contribution in [0.25, 0.3) is 0 Å². The summed E-state index contributed by atoms with van der Waals surface area (Å²) in [4.78, 5) is 17.7. The quantitative estimate of drug-likeness (QED) is 0.567. The lowest BCUT2D eigenvalue weighted by atomic mass is 10.1. The van der Waals surface area contributed by atoms with Gasteiger partial charge in [0.25, 0.3) is 5.91 Å². The minimum atomic E-state index is -1.16. The second-order valence-corrected chi connectivity index (χ2v) is 9.52. The first-order chi connectivity index (χ1) is 16.9. The Morgan fingerprint density at radius 1 is 1.17 bits per heavy atom. The first-order valence-corrected chi connectivity index (χ1v) is 12.2. The maximum Gasteiger partial charge on any atom is 0.253 e. The molecule has 2 heterocycles. The van der Waals surface area contributed by atoms with Crippen molar-refractivity contribution in [3.05, 3.63) is 53.6 Å². The van der Waals surface area contributed by atoms with E-state index in [-0.39, 0.29) is 19.1 Å². The summed E-state index contributed by atoms with van der Waals surface area (Å²) in [5.74, 6) is 2.14. The van der Waals surface area contributed by atoms with E-state index in [1.165, 1.54) is 0 Å². The SMILES string of the molecule is COc1ccccc1CN1CCO[C@@H](C(=O)N(Cc2ccc3c(c2)OCC(F)CO3)CC(C)C)C1. The minimum absolute atomic E-state index is 0.0192. The van der Waals surface area contributed by atoms with Crippen LogP contribution in [0.2, 0.25) is 0 Å². The zero-order chi connectivity index (χ0) is 24.8. The van der Waals surface area contributed by atoms with Crippen molar-refractivity contribution >= 4 is 5.91 Å². The molecule has 0 aliphatic carbocycles. The van der Waals surface area contributed by atoms with Crippen molar-refractivity contribution < 1.29 is 28.1 Å². The minimum Gasteiger partial charge on any atom is -0.496 e. The number of benzene rings is 2. The molecule has 8 heteroatoms. The van der Waals surface area contributed by atoms with Crippen LogP contribution in [0.15, 0.2) is 42.5 Å². The van der Waals surface area contributed by atoms with Crippen LogP contribution in [-0.4, -0.2) is 74.5 Å². The van der Waals surface area contributed by atoms with E-state index in [0.29, 0.717) is 50.2 Å². The van der Waals surface area contributed by atoms with E-state index in [0.717, 1.165) is 23.4 Å². The molecular formula is C27H35FN2O5. The van der Waals surface area contributed by atoms with Crippen LogP contribution >= 0.6 is 0 Å². The van der Waals surface area contributed by atoms with Gasteiger partial charge in [-0.1, -0.05) is 38.1 Å². The summed E-state index contributed by atoms with van der Waals surface area (Å²) in [7, 11) is 1.67. The molecule has 0 N–H and O–H groups in total. The lowest BCUT2D eigenvalue weighted by molar-refractivity contribution is -0.151. The van der Waals surface area contributed by atoms with Gasteiger partial charge in [-0.05, 0) is 29.7 Å². The number of fused-ring (bicyclic) bond motifs is 1. The molecule has 0 aromatic heterocycles. The van der Waals surface area contributed by atoms with Crippen LogP contribution in [0.3, 0.4) is 0 Å². The zero-order valence-corrected chi connectivity index (χ0v) is 20.7. The summed E-state index contributed by atoms with van der Waals surface area (Å²) in [6.07, 6.45) is -1.70. The number of halogens is 1. The molecule has 1 amide bonds. The summed E-state index contributed by atoms with van der Waals surface area (Å²) >= 11 is 0. The van der Waals surface area contributed by atoms with Crippen LogP contribution in [0.4, 0.5) is 4.39 Å². The van der Waals surface area contributed by atoms with E-state index in [9.17, 15) is 9.18 Å². The fraction of sp³-hybridized carbons (Fsp3) is 0.519. The van der Waals surface area contributed by atoms with E-state index in [2.05, 4.69) is 18.7 Å². The first kappa shape index (κ1) is 25.3. The molecule has 1 saturated heterocycles. The largest absolute Gasteiger partial charge is 0.496 e. The van der Waals surface area contributed by atoms with E-state index < -0.39 is 12.3 Å². The number of rotatable bonds is 8. The van der Waals surface area contributed by atoms with E-state index in [1.807, 2.05) is 41.3 Å². The molecule has 35 heavy (non-hydrogen) atoms. The molecule has 0 saturated carbocycles. The van der Waals surface area contributed by atoms with Crippen molar-refractivity contribution in [2.24, 2.45) is 5.92 Å². The number of nitrogens with zero attached hydrogens (tertiary/aromatic N) is 2. The molecule has 4 rings (SSSR count). The molecule has 2 atom stereocenters. The van der Waals surface area contributed by atoms with Gasteiger partial charge >= 0.3 is 0 Å². The smallest absolute Gasteiger partial charge is 0.253 e. The van der Waals surface area contributed by atoms with Gasteiger partial charge in [-0.15, -0.1) is 0 Å². The Kier molecular flexibility index (Phi) is 8.46. The number of alkyl halides is 1. The standard InChI is InChI=1S/C27H35FN2O5/c1-19(2)13-30(14-20-8-9-24-25(12-20)35-18-22(28)17-34-24)27(31)26-16-29(10-11-33-26)15-21-6-4-5-7-23(21)32-3/h4-9,12,19,22,26H,10-11,13-18H2,1-3H3/t22?,26-/m1/s1. The number of methoxy groups -OCH3 is 1. The normalized spacial score (nSPS) is 20.4. The third kappa shape index (κ3) is 6.64. The van der Waals surface area contributed by atoms with Gasteiger partial charge in [-0.2, -0.15) is 0 Å². The van der Waals surface area contributed by atoms with E-state index >= 15 is 0 Å². The summed E-state index contributed by atoms with van der Waals surface area (Å²) < 4.78 is 36.2. The molecule has 2 aromatic rings. The summed E-state index contributed by atoms with van der Waals surface area (Å²) in [5.41, 5.74) is 1.99. The molecule has 1 fully saturated rings. The van der Waals surface area contributed by atoms with Gasteiger partial charge in [-0.25, -0.2) is 4.39 Å². The molecule has 7 nitrogen and oxygen atoms in total. The Morgan fingerprint density at radius 3 is 2.71 bits per heavy atom. The highest BCUT2D eigenvalue weighted by Crippen LogP contribution is 2.31. The van der Waals surface area contributed by atoms with Gasteiger partial charge in [-0.3, -0.25) is 9.69 Å². The van der Waals surface area contributed by atoms with Gasteiger partial charge in [0.1, 0.15) is 25.1 Å². The number of hydrogen-bond donors (Lipinski definition) is 0. The van der Waals surface area contributed by atoms with Gasteiger partial charge in [0, 0.05) is 38.3 Å². The predicted molar refractivity (Wildman–Crippen MR) is 131 cm³/mol. The Morgan fingerprint density at radius 2 is 1.94 bits per heavy atom. The zero-order valence-electron chi connectivity index (χ0n) is 20.7. The molecule has 190 valence electrons. The van der Waals surface area contributed by atoms with Gasteiger partial charge < -0.3 is 23.8 Å². The van der Waals surface area contributed by atoms with E-state index in [1.54, 1.807) is 13.2 Å². The van der Waals surface area contributed by atoms with Crippen molar-refractivity contribution in [2.75, 3.05) is 46.6 Å². The van der Waals surface area contributed by atoms with Crippen LogP contribution in [0.5, 0.6) is 17.2 Å². The number of amides is 1. The Balaban J connectivity index is 1.45. The molecule has 0 radical (unpaired) electrons. The predicted octanol–water partition coefficient (Wildman–Crippen LogP) is 3.69. The average Bonchev–Trinajstić information content (AvgIpc) is 3.04. The number of carbonyl (C=O) groups excluding carboxylic acids is 1. The highest BCUT2D eigenvalue weighted by Gasteiger charge is 2.31. The van der Waals surface area contributed by atoms with Crippen molar-refractivity contribution in [3.63, 3.8) is 0 Å². The lowest BCUT2D eigenvalue weighted by Gasteiger charge is -2.35. The highest BCUT2D eigenvalue weighted by molar-refractivity contribution is 5.81. The lowest BCUT2D eigenvalue weighted by Crippen LogP contribution is -2.51. The molecular weight excluding hydrogens is 451 g/mol. The second-order valence-electron chi connectivity index (χ2n) is 9.52. The van der Waals surface area contributed by atoms with Crippen molar-refractivity contribution in [1.82, 2.24) is 9.80 Å². The third-order valence-corrected chi connectivity index (χ3v) is 6.13. The topological polar surface area (TPSA) is 60.5 Å². The molecule has 0 spiro atoms. The van der Waals surface area contributed by atoms with Crippen LogP contribution in [0, 0.1) is 5.92 Å². The number of hydrogen-bond acceptors (Lipinski definition) is 6. The number of para-hydroxylation sites is 1. The summed E-state index contributed by atoms with van der Waals surface area (Å²) in [5, 5.41) is 0. The summed E-state index contributed by atoms with van der Waals surface area (Å²) in [6, 6.07) is 13.5. The van der Waals surface area contributed by atoms with Crippen LogP contribution in [-0.2, 0) is 22.6 Å². The van der Waals surface area contributed by atoms with Crippen LogP contribution < -0.4 is 14.2 Å². The average molecular weight is 487 g/mol. The van der Waals surface area contributed by atoms with Crippen LogP contribution in [0.1, 0.15) is 25.0 Å². The first-order valence-electron chi connectivity index (χ1n) is 12.2. The van der Waals surface area contributed by atoms with Crippen molar-refractivity contribution in [1.29, 1.82) is 0 Å². The Labute approximate surface area is 206 Å². The highest BCUT2D eigenvalue weighted by atomic mass is 19.1. The third-order valence-electron chi connectivity index (χ3n) is 6.13. The van der Waals surface area contributed by atoms with Gasteiger partial charge in [0.2, 0.25) is 0 Å².